The summed E-state index contributed by atoms with van der Waals surface area (Å²) in [4.78, 5) is 2.36. The van der Waals surface area contributed by atoms with E-state index in [1.165, 1.54) is 9.79 Å². The number of rotatable bonds is 11. The van der Waals surface area contributed by atoms with Gasteiger partial charge in [-0.05, 0) is 53.0 Å². The van der Waals surface area contributed by atoms with Gasteiger partial charge in [0.15, 0.2) is 0 Å². The third-order valence-electron chi connectivity index (χ3n) is 7.94. The molecule has 0 fully saturated rings. The molecule has 0 spiro atoms. The third kappa shape index (κ3) is 7.14. The minimum atomic E-state index is 0.319. The first-order valence-electron chi connectivity index (χ1n) is 15.3. The fraction of sp³-hybridized carbons (Fsp3) is 0.122. The van der Waals surface area contributed by atoms with Gasteiger partial charge in [-0.2, -0.15) is 0 Å². The van der Waals surface area contributed by atoms with Crippen molar-refractivity contribution in [1.29, 1.82) is 0 Å². The minimum Gasteiger partial charge on any atom is -0.507 e. The summed E-state index contributed by atoms with van der Waals surface area (Å²) in [5.74, 6) is 1.63. The molecular formula is C41H36O2S2. The smallest absolute Gasteiger partial charge is 0.131 e. The van der Waals surface area contributed by atoms with Crippen molar-refractivity contribution >= 4 is 23.5 Å². The van der Waals surface area contributed by atoms with Gasteiger partial charge in [0, 0.05) is 37.3 Å². The van der Waals surface area contributed by atoms with Gasteiger partial charge in [-0.1, -0.05) is 140 Å². The van der Waals surface area contributed by atoms with Crippen molar-refractivity contribution in [2.75, 3.05) is 5.75 Å². The number of thioether (sulfide) groups is 2. The zero-order chi connectivity index (χ0) is 31.0. The van der Waals surface area contributed by atoms with Crippen LogP contribution in [-0.4, -0.2) is 21.2 Å². The lowest BCUT2D eigenvalue weighted by Gasteiger charge is -2.17. The second-order valence-electron chi connectivity index (χ2n) is 11.0. The highest BCUT2D eigenvalue weighted by atomic mass is 32.2. The SMILES string of the molecule is CC(CCCSc1ccccc1-c1cccc(-c2ccccc2)c1O)Sc1ccccc1-c1cccc(-c2ccccc2)c1O. The molecule has 6 rings (SSSR count). The van der Waals surface area contributed by atoms with E-state index in [0.29, 0.717) is 16.7 Å². The van der Waals surface area contributed by atoms with Crippen LogP contribution in [0.15, 0.2) is 155 Å². The molecule has 0 aliphatic rings. The van der Waals surface area contributed by atoms with Crippen molar-refractivity contribution in [2.24, 2.45) is 0 Å². The largest absolute Gasteiger partial charge is 0.507 e. The maximum absolute atomic E-state index is 11.3. The summed E-state index contributed by atoms with van der Waals surface area (Å²) in [6, 6.07) is 48.8. The van der Waals surface area contributed by atoms with Gasteiger partial charge in [-0.25, -0.2) is 0 Å². The standard InChI is InChI=1S/C41H36O2S2/c1-29(45-39-27-11-9-21-35(39)37-25-13-23-33(41(37)43)31-18-6-3-7-19-31)15-14-28-44-38-26-10-8-20-34(38)36-24-12-22-32(40(36)42)30-16-4-2-5-17-30/h2-13,16-27,29,42-43H,14-15,28H2,1H3. The van der Waals surface area contributed by atoms with Crippen molar-refractivity contribution in [3.8, 4) is 56.0 Å². The van der Waals surface area contributed by atoms with E-state index in [9.17, 15) is 10.2 Å². The van der Waals surface area contributed by atoms with E-state index in [2.05, 4.69) is 43.3 Å². The normalized spacial score (nSPS) is 11.8. The molecule has 0 bridgehead atoms. The van der Waals surface area contributed by atoms with Crippen molar-refractivity contribution in [3.05, 3.63) is 146 Å². The Kier molecular flexibility index (Phi) is 9.94. The number of phenols is 2. The van der Waals surface area contributed by atoms with Crippen LogP contribution in [0.5, 0.6) is 11.5 Å². The number of aromatic hydroxyl groups is 2. The molecular weight excluding hydrogens is 589 g/mol. The Morgan fingerprint density at radius 1 is 0.467 bits per heavy atom. The second kappa shape index (κ2) is 14.6. The average molecular weight is 625 g/mol. The first-order chi connectivity index (χ1) is 22.1. The van der Waals surface area contributed by atoms with Crippen LogP contribution >= 0.6 is 23.5 Å². The highest BCUT2D eigenvalue weighted by Crippen LogP contribution is 2.44. The van der Waals surface area contributed by atoms with Gasteiger partial charge in [-0.15, -0.1) is 23.5 Å². The van der Waals surface area contributed by atoms with Gasteiger partial charge in [0.1, 0.15) is 11.5 Å². The number of phenolic OH excluding ortho intramolecular Hbond substituents is 2. The molecule has 2 N–H and O–H groups in total. The van der Waals surface area contributed by atoms with Gasteiger partial charge in [-0.3, -0.25) is 0 Å². The van der Waals surface area contributed by atoms with Crippen molar-refractivity contribution in [2.45, 2.75) is 34.8 Å². The van der Waals surface area contributed by atoms with Crippen LogP contribution in [0.4, 0.5) is 0 Å². The zero-order valence-corrected chi connectivity index (χ0v) is 26.9. The summed E-state index contributed by atoms with van der Waals surface area (Å²) in [6.45, 7) is 2.29. The van der Waals surface area contributed by atoms with E-state index in [0.717, 1.165) is 63.1 Å². The van der Waals surface area contributed by atoms with E-state index < -0.39 is 0 Å². The molecule has 0 saturated carbocycles. The highest BCUT2D eigenvalue weighted by molar-refractivity contribution is 8.00. The Morgan fingerprint density at radius 2 is 0.889 bits per heavy atom. The molecule has 45 heavy (non-hydrogen) atoms. The Balaban J connectivity index is 1.12. The van der Waals surface area contributed by atoms with Gasteiger partial charge in [0.2, 0.25) is 0 Å². The van der Waals surface area contributed by atoms with Crippen LogP contribution in [0.1, 0.15) is 19.8 Å². The molecule has 0 amide bonds. The summed E-state index contributed by atoms with van der Waals surface area (Å²) in [5, 5.41) is 23.0. The molecule has 6 aromatic rings. The van der Waals surface area contributed by atoms with Crippen molar-refractivity contribution < 1.29 is 10.2 Å². The molecule has 0 saturated heterocycles. The lowest BCUT2D eigenvalue weighted by Crippen LogP contribution is -1.98. The Hall–Kier alpha value is -4.38. The molecule has 6 aromatic carbocycles. The molecule has 0 aromatic heterocycles. The van der Waals surface area contributed by atoms with Gasteiger partial charge in [0.05, 0.1) is 0 Å². The predicted molar refractivity (Wildman–Crippen MR) is 193 cm³/mol. The topological polar surface area (TPSA) is 40.5 Å². The second-order valence-corrected chi connectivity index (χ2v) is 13.7. The molecule has 4 heteroatoms. The lowest BCUT2D eigenvalue weighted by atomic mass is 9.97. The van der Waals surface area contributed by atoms with Crippen molar-refractivity contribution in [1.82, 2.24) is 0 Å². The van der Waals surface area contributed by atoms with E-state index in [-0.39, 0.29) is 0 Å². The van der Waals surface area contributed by atoms with Gasteiger partial charge in [0.25, 0.3) is 0 Å². The number of hydrogen-bond donors (Lipinski definition) is 2. The predicted octanol–water partition coefficient (Wildman–Crippen LogP) is 11.8. The Morgan fingerprint density at radius 3 is 1.44 bits per heavy atom. The van der Waals surface area contributed by atoms with Gasteiger partial charge < -0.3 is 10.2 Å². The number of hydrogen-bond acceptors (Lipinski definition) is 4. The summed E-state index contributed by atoms with van der Waals surface area (Å²) in [5.41, 5.74) is 7.55. The molecule has 0 aliphatic carbocycles. The van der Waals surface area contributed by atoms with Crippen LogP contribution in [0, 0.1) is 0 Å². The first-order valence-corrected chi connectivity index (χ1v) is 17.2. The fourth-order valence-corrected chi connectivity index (χ4v) is 7.88. The maximum Gasteiger partial charge on any atom is 0.131 e. The van der Waals surface area contributed by atoms with Crippen LogP contribution in [0.25, 0.3) is 44.5 Å². The van der Waals surface area contributed by atoms with E-state index in [4.69, 9.17) is 0 Å². The number of benzene rings is 6. The molecule has 1 atom stereocenters. The summed E-state index contributed by atoms with van der Waals surface area (Å²) in [7, 11) is 0. The molecule has 1 unspecified atom stereocenters. The molecule has 0 aliphatic heterocycles. The molecule has 0 radical (unpaired) electrons. The van der Waals surface area contributed by atoms with E-state index in [1.807, 2.05) is 133 Å². The number of para-hydroxylation sites is 2. The summed E-state index contributed by atoms with van der Waals surface area (Å²) in [6.07, 6.45) is 2.14. The molecule has 0 heterocycles. The lowest BCUT2D eigenvalue weighted by molar-refractivity contribution is 0.478. The fourth-order valence-electron chi connectivity index (χ4n) is 5.66. The zero-order valence-electron chi connectivity index (χ0n) is 25.3. The van der Waals surface area contributed by atoms with Crippen LogP contribution in [-0.2, 0) is 0 Å². The highest BCUT2D eigenvalue weighted by Gasteiger charge is 2.17. The Bertz CT molecular complexity index is 1870. The maximum atomic E-state index is 11.3. The summed E-state index contributed by atoms with van der Waals surface area (Å²) < 4.78 is 0. The Labute approximate surface area is 274 Å². The summed E-state index contributed by atoms with van der Waals surface area (Å²) >= 11 is 3.72. The third-order valence-corrected chi connectivity index (χ3v) is 10.3. The monoisotopic (exact) mass is 624 g/mol. The quantitative estimate of drug-likeness (QED) is 0.111. The average Bonchev–Trinajstić information content (AvgIpc) is 3.08. The molecule has 224 valence electrons. The molecule has 2 nitrogen and oxygen atoms in total. The van der Waals surface area contributed by atoms with Crippen molar-refractivity contribution in [3.63, 3.8) is 0 Å². The van der Waals surface area contributed by atoms with E-state index in [1.54, 1.807) is 0 Å². The minimum absolute atomic E-state index is 0.319. The van der Waals surface area contributed by atoms with Gasteiger partial charge >= 0.3 is 0 Å². The van der Waals surface area contributed by atoms with Crippen LogP contribution < -0.4 is 0 Å². The first kappa shape index (κ1) is 30.6. The van der Waals surface area contributed by atoms with Crippen LogP contribution in [0.2, 0.25) is 0 Å². The van der Waals surface area contributed by atoms with E-state index >= 15 is 0 Å². The van der Waals surface area contributed by atoms with Crippen LogP contribution in [0.3, 0.4) is 0 Å².